The van der Waals surface area contributed by atoms with Crippen LogP contribution in [0.3, 0.4) is 0 Å². The van der Waals surface area contributed by atoms with Gasteiger partial charge in [-0.05, 0) is 13.3 Å². The van der Waals surface area contributed by atoms with E-state index in [9.17, 15) is 20.1 Å². The molecule has 0 bridgehead atoms. The number of hydrogen-bond donors (Lipinski definition) is 4. The van der Waals surface area contributed by atoms with Crippen LogP contribution in [-0.4, -0.2) is 69.6 Å². The van der Waals surface area contributed by atoms with Gasteiger partial charge in [-0.2, -0.15) is 0 Å². The minimum atomic E-state index is -2.34. The Balaban J connectivity index is 2.82. The Morgan fingerprint density at radius 3 is 2.50 bits per heavy atom. The van der Waals surface area contributed by atoms with Gasteiger partial charge in [-0.1, -0.05) is 19.8 Å². The first-order valence-corrected chi connectivity index (χ1v) is 6.87. The summed E-state index contributed by atoms with van der Waals surface area (Å²) in [5.74, 6) is -0.763. The summed E-state index contributed by atoms with van der Waals surface area (Å²) in [7, 11) is 0. The lowest BCUT2D eigenvalue weighted by molar-refractivity contribution is -0.329. The SMILES string of the molecule is CCCCCO[C@H]1O[C@H](CO)[C@@H](O)[C@H](O)[C@@]1(O)C(C)=O. The highest BCUT2D eigenvalue weighted by Gasteiger charge is 2.58. The van der Waals surface area contributed by atoms with Crippen LogP contribution in [0.25, 0.3) is 0 Å². The number of unbranched alkanes of at least 4 members (excludes halogenated alkanes) is 2. The number of carbonyl (C=O) groups is 1. The highest BCUT2D eigenvalue weighted by molar-refractivity contribution is 5.86. The van der Waals surface area contributed by atoms with Crippen LogP contribution in [-0.2, 0) is 14.3 Å². The van der Waals surface area contributed by atoms with Crippen molar-refractivity contribution in [1.82, 2.24) is 0 Å². The van der Waals surface area contributed by atoms with Crippen molar-refractivity contribution in [2.24, 2.45) is 0 Å². The van der Waals surface area contributed by atoms with E-state index in [4.69, 9.17) is 14.6 Å². The Bertz CT molecular complexity index is 322. The fourth-order valence-electron chi connectivity index (χ4n) is 2.18. The summed E-state index contributed by atoms with van der Waals surface area (Å²) in [4.78, 5) is 11.6. The van der Waals surface area contributed by atoms with Gasteiger partial charge in [0.1, 0.15) is 18.3 Å². The van der Waals surface area contributed by atoms with Crippen LogP contribution >= 0.6 is 0 Å². The molecule has 1 rings (SSSR count). The fourth-order valence-corrected chi connectivity index (χ4v) is 2.18. The maximum Gasteiger partial charge on any atom is 0.202 e. The first kappa shape index (κ1) is 17.5. The van der Waals surface area contributed by atoms with E-state index in [0.717, 1.165) is 19.8 Å². The lowest BCUT2D eigenvalue weighted by Gasteiger charge is -2.46. The first-order chi connectivity index (χ1) is 9.39. The third kappa shape index (κ3) is 3.36. The molecule has 1 heterocycles. The predicted molar refractivity (Wildman–Crippen MR) is 68.9 cm³/mol. The van der Waals surface area contributed by atoms with Gasteiger partial charge in [0, 0.05) is 6.61 Å². The van der Waals surface area contributed by atoms with Gasteiger partial charge in [0.05, 0.1) is 6.61 Å². The molecule has 20 heavy (non-hydrogen) atoms. The maximum absolute atomic E-state index is 11.6. The lowest BCUT2D eigenvalue weighted by atomic mass is 9.83. The summed E-state index contributed by atoms with van der Waals surface area (Å²) in [6, 6.07) is 0. The van der Waals surface area contributed by atoms with Crippen molar-refractivity contribution in [2.75, 3.05) is 13.2 Å². The number of ketones is 1. The Labute approximate surface area is 118 Å². The molecule has 0 aromatic carbocycles. The molecule has 1 fully saturated rings. The monoisotopic (exact) mass is 292 g/mol. The fraction of sp³-hybridized carbons (Fsp3) is 0.923. The van der Waals surface area contributed by atoms with Crippen LogP contribution in [0, 0.1) is 0 Å². The minimum Gasteiger partial charge on any atom is -0.394 e. The predicted octanol–water partition coefficient (Wildman–Crippen LogP) is -1.05. The second kappa shape index (κ2) is 7.44. The standard InChI is InChI=1S/C13H24O7/c1-3-4-5-6-19-12-13(18,8(2)15)11(17)10(16)9(7-14)20-12/h9-12,14,16-18H,3-7H2,1-2H3/t9-,10-,11+,12+,13+/m1/s1. The highest BCUT2D eigenvalue weighted by atomic mass is 16.7. The molecule has 1 aliphatic heterocycles. The average Bonchev–Trinajstić information content (AvgIpc) is 2.43. The van der Waals surface area contributed by atoms with Crippen molar-refractivity contribution in [3.8, 4) is 0 Å². The molecule has 118 valence electrons. The number of aliphatic hydroxyl groups is 4. The van der Waals surface area contributed by atoms with Crippen LogP contribution in [0.1, 0.15) is 33.1 Å². The van der Waals surface area contributed by atoms with Crippen LogP contribution in [0.5, 0.6) is 0 Å². The second-order valence-corrected chi connectivity index (χ2v) is 5.08. The number of rotatable bonds is 7. The molecule has 1 saturated heterocycles. The molecule has 0 aromatic heterocycles. The van der Waals surface area contributed by atoms with Crippen molar-refractivity contribution in [2.45, 2.75) is 63.3 Å². The van der Waals surface area contributed by atoms with Gasteiger partial charge < -0.3 is 29.9 Å². The van der Waals surface area contributed by atoms with Gasteiger partial charge in [-0.15, -0.1) is 0 Å². The van der Waals surface area contributed by atoms with Gasteiger partial charge in [0.25, 0.3) is 0 Å². The van der Waals surface area contributed by atoms with E-state index >= 15 is 0 Å². The zero-order valence-corrected chi connectivity index (χ0v) is 11.9. The Kier molecular flexibility index (Phi) is 6.50. The highest BCUT2D eigenvalue weighted by Crippen LogP contribution is 2.31. The van der Waals surface area contributed by atoms with Gasteiger partial charge >= 0.3 is 0 Å². The Morgan fingerprint density at radius 2 is 2.00 bits per heavy atom. The third-order valence-corrected chi connectivity index (χ3v) is 3.57. The van der Waals surface area contributed by atoms with E-state index in [0.29, 0.717) is 6.42 Å². The first-order valence-electron chi connectivity index (χ1n) is 6.87. The van der Waals surface area contributed by atoms with Crippen LogP contribution in [0.4, 0.5) is 0 Å². The van der Waals surface area contributed by atoms with Crippen LogP contribution in [0.2, 0.25) is 0 Å². The molecule has 1 aliphatic rings. The van der Waals surface area contributed by atoms with Crippen molar-refractivity contribution >= 4 is 5.78 Å². The summed E-state index contributed by atoms with van der Waals surface area (Å²) >= 11 is 0. The molecule has 7 heteroatoms. The Morgan fingerprint density at radius 1 is 1.35 bits per heavy atom. The molecule has 4 N–H and O–H groups in total. The molecule has 0 saturated carbocycles. The summed E-state index contributed by atoms with van der Waals surface area (Å²) in [5.41, 5.74) is -2.34. The van der Waals surface area contributed by atoms with Gasteiger partial charge in [-0.25, -0.2) is 0 Å². The molecule has 5 atom stereocenters. The van der Waals surface area contributed by atoms with E-state index in [1.54, 1.807) is 0 Å². The smallest absolute Gasteiger partial charge is 0.202 e. The number of Topliss-reactive ketones (excluding diaryl/α,β-unsaturated/α-hetero) is 1. The van der Waals surface area contributed by atoms with Crippen LogP contribution in [0.15, 0.2) is 0 Å². The number of aliphatic hydroxyl groups excluding tert-OH is 3. The summed E-state index contributed by atoms with van der Waals surface area (Å²) in [5, 5.41) is 39.1. The van der Waals surface area contributed by atoms with Crippen molar-refractivity contribution in [1.29, 1.82) is 0 Å². The number of ether oxygens (including phenoxy) is 2. The maximum atomic E-state index is 11.6. The minimum absolute atomic E-state index is 0.245. The van der Waals surface area contributed by atoms with E-state index in [1.807, 2.05) is 6.92 Å². The second-order valence-electron chi connectivity index (χ2n) is 5.08. The van der Waals surface area contributed by atoms with E-state index < -0.39 is 42.6 Å². The molecule has 0 spiro atoms. The van der Waals surface area contributed by atoms with Crippen molar-refractivity contribution in [3.05, 3.63) is 0 Å². The average molecular weight is 292 g/mol. The molecule has 7 nitrogen and oxygen atoms in total. The summed E-state index contributed by atoms with van der Waals surface area (Å²) < 4.78 is 10.6. The third-order valence-electron chi connectivity index (χ3n) is 3.57. The number of hydrogen-bond acceptors (Lipinski definition) is 7. The summed E-state index contributed by atoms with van der Waals surface area (Å²) in [6.45, 7) is 2.79. The van der Waals surface area contributed by atoms with Crippen LogP contribution < -0.4 is 0 Å². The van der Waals surface area contributed by atoms with Crippen molar-refractivity contribution < 1.29 is 34.7 Å². The van der Waals surface area contributed by atoms with E-state index in [1.165, 1.54) is 0 Å². The largest absolute Gasteiger partial charge is 0.394 e. The number of carbonyl (C=O) groups excluding carboxylic acids is 1. The van der Waals surface area contributed by atoms with E-state index in [-0.39, 0.29) is 6.61 Å². The normalized spacial score (nSPS) is 37.9. The quantitative estimate of drug-likeness (QED) is 0.442. The lowest BCUT2D eigenvalue weighted by Crippen LogP contribution is -2.70. The topological polar surface area (TPSA) is 116 Å². The molecule has 0 unspecified atom stereocenters. The van der Waals surface area contributed by atoms with Gasteiger partial charge in [0.15, 0.2) is 12.1 Å². The molecule has 0 amide bonds. The van der Waals surface area contributed by atoms with Gasteiger partial charge in [-0.3, -0.25) is 4.79 Å². The molecular weight excluding hydrogens is 268 g/mol. The molecule has 0 aromatic rings. The zero-order valence-electron chi connectivity index (χ0n) is 11.9. The van der Waals surface area contributed by atoms with Gasteiger partial charge in [0.2, 0.25) is 5.60 Å². The summed E-state index contributed by atoms with van der Waals surface area (Å²) in [6.07, 6.45) is -3.25. The molecule has 0 radical (unpaired) electrons. The van der Waals surface area contributed by atoms with E-state index in [2.05, 4.69) is 0 Å². The molecular formula is C13H24O7. The molecule has 0 aliphatic carbocycles. The Hall–Kier alpha value is -0.570. The van der Waals surface area contributed by atoms with Crippen molar-refractivity contribution in [3.63, 3.8) is 0 Å². The zero-order chi connectivity index (χ0) is 15.3.